The van der Waals surface area contributed by atoms with Gasteiger partial charge in [-0.25, -0.2) is 13.4 Å². The Morgan fingerprint density at radius 2 is 1.95 bits per heavy atom. The normalized spacial score (nSPS) is 17.4. The highest BCUT2D eigenvalue weighted by Gasteiger charge is 2.26. The number of sulfonamides is 1. The van der Waals surface area contributed by atoms with E-state index in [4.69, 9.17) is 5.73 Å². The van der Waals surface area contributed by atoms with Crippen LogP contribution in [0, 0.1) is 0 Å². The van der Waals surface area contributed by atoms with E-state index in [0.717, 1.165) is 11.4 Å². The molecule has 0 bridgehead atoms. The molecule has 1 fully saturated rings. The van der Waals surface area contributed by atoms with E-state index in [0.29, 0.717) is 39.1 Å². The first-order valence-electron chi connectivity index (χ1n) is 6.94. The molecule has 1 aromatic rings. The molecule has 1 aliphatic rings. The fourth-order valence-electron chi connectivity index (χ4n) is 2.31. The first-order chi connectivity index (χ1) is 9.56. The van der Waals surface area contributed by atoms with E-state index >= 15 is 0 Å². The zero-order valence-corrected chi connectivity index (χ0v) is 12.6. The van der Waals surface area contributed by atoms with Crippen molar-refractivity contribution in [3.05, 3.63) is 23.9 Å². The van der Waals surface area contributed by atoms with Crippen molar-refractivity contribution in [3.63, 3.8) is 0 Å². The number of rotatable bonds is 5. The summed E-state index contributed by atoms with van der Waals surface area (Å²) in [6.45, 7) is 4.79. The van der Waals surface area contributed by atoms with Crippen molar-refractivity contribution in [1.82, 2.24) is 9.29 Å². The smallest absolute Gasteiger partial charge is 0.214 e. The lowest BCUT2D eigenvalue weighted by atomic mass is 10.2. The summed E-state index contributed by atoms with van der Waals surface area (Å²) in [6, 6.07) is 3.90. The predicted molar refractivity (Wildman–Crippen MR) is 80.0 cm³/mol. The monoisotopic (exact) mass is 298 g/mol. The van der Waals surface area contributed by atoms with Gasteiger partial charge in [-0.3, -0.25) is 0 Å². The van der Waals surface area contributed by atoms with Crippen molar-refractivity contribution in [3.8, 4) is 0 Å². The molecule has 6 nitrogen and oxygen atoms in total. The maximum Gasteiger partial charge on any atom is 0.214 e. The van der Waals surface area contributed by atoms with Crippen LogP contribution in [0.3, 0.4) is 0 Å². The zero-order valence-electron chi connectivity index (χ0n) is 11.8. The molecular weight excluding hydrogens is 276 g/mol. The maximum atomic E-state index is 12.0. The highest BCUT2D eigenvalue weighted by molar-refractivity contribution is 7.89. The average Bonchev–Trinajstić information content (AvgIpc) is 2.47. The summed E-state index contributed by atoms with van der Waals surface area (Å²) in [6.07, 6.45) is 2.43. The summed E-state index contributed by atoms with van der Waals surface area (Å²) in [5.74, 6) is 1.12. The third-order valence-electron chi connectivity index (χ3n) is 3.46. The summed E-state index contributed by atoms with van der Waals surface area (Å²) in [5.41, 5.74) is 6.54. The van der Waals surface area contributed by atoms with Crippen molar-refractivity contribution < 1.29 is 8.42 Å². The highest BCUT2D eigenvalue weighted by atomic mass is 32.2. The number of nitrogens with zero attached hydrogens (tertiary/aromatic N) is 3. The van der Waals surface area contributed by atoms with E-state index < -0.39 is 10.0 Å². The van der Waals surface area contributed by atoms with Gasteiger partial charge in [0.2, 0.25) is 10.0 Å². The number of aromatic nitrogens is 1. The van der Waals surface area contributed by atoms with Crippen molar-refractivity contribution in [2.45, 2.75) is 19.9 Å². The van der Waals surface area contributed by atoms with Crippen LogP contribution in [0.25, 0.3) is 0 Å². The third kappa shape index (κ3) is 3.47. The predicted octanol–water partition coefficient (Wildman–Crippen LogP) is 0.402. The molecule has 0 amide bonds. The van der Waals surface area contributed by atoms with Crippen LogP contribution in [0.1, 0.15) is 18.9 Å². The number of anilines is 1. The van der Waals surface area contributed by atoms with Gasteiger partial charge in [-0.15, -0.1) is 0 Å². The Hall–Kier alpha value is -1.18. The molecular formula is C13H22N4O2S. The Morgan fingerprint density at radius 1 is 1.25 bits per heavy atom. The minimum absolute atomic E-state index is 0.233. The van der Waals surface area contributed by atoms with E-state index in [1.165, 1.54) is 0 Å². The van der Waals surface area contributed by atoms with Gasteiger partial charge in [0.1, 0.15) is 5.82 Å². The zero-order chi connectivity index (χ0) is 14.6. The van der Waals surface area contributed by atoms with Crippen LogP contribution in [-0.2, 0) is 16.6 Å². The SMILES string of the molecule is CCCS(=O)(=O)N1CCN(c2ccc(CN)cn2)CC1. The van der Waals surface area contributed by atoms with E-state index in [9.17, 15) is 8.42 Å². The number of piperazine rings is 1. The Kier molecular flexibility index (Phi) is 4.95. The molecule has 1 aromatic heterocycles. The van der Waals surface area contributed by atoms with Gasteiger partial charge in [0.15, 0.2) is 0 Å². The molecule has 0 aliphatic carbocycles. The fourth-order valence-corrected chi connectivity index (χ4v) is 3.80. The summed E-state index contributed by atoms with van der Waals surface area (Å²) in [4.78, 5) is 6.48. The molecule has 0 spiro atoms. The Balaban J connectivity index is 1.97. The minimum Gasteiger partial charge on any atom is -0.354 e. The molecule has 20 heavy (non-hydrogen) atoms. The number of nitrogens with two attached hydrogens (primary N) is 1. The van der Waals surface area contributed by atoms with Gasteiger partial charge in [0.05, 0.1) is 5.75 Å². The van der Waals surface area contributed by atoms with Gasteiger partial charge in [-0.2, -0.15) is 4.31 Å². The lowest BCUT2D eigenvalue weighted by molar-refractivity contribution is 0.383. The molecule has 0 aromatic carbocycles. The molecule has 0 saturated carbocycles. The number of hydrogen-bond acceptors (Lipinski definition) is 5. The quantitative estimate of drug-likeness (QED) is 0.851. The van der Waals surface area contributed by atoms with Crippen LogP contribution >= 0.6 is 0 Å². The summed E-state index contributed by atoms with van der Waals surface area (Å²) >= 11 is 0. The highest BCUT2D eigenvalue weighted by Crippen LogP contribution is 2.16. The molecule has 2 heterocycles. The van der Waals surface area contributed by atoms with Crippen molar-refractivity contribution in [2.24, 2.45) is 5.73 Å². The van der Waals surface area contributed by atoms with Gasteiger partial charge < -0.3 is 10.6 Å². The van der Waals surface area contributed by atoms with Crippen LogP contribution in [-0.4, -0.2) is 49.6 Å². The lowest BCUT2D eigenvalue weighted by Gasteiger charge is -2.34. The van der Waals surface area contributed by atoms with E-state index in [1.54, 1.807) is 10.5 Å². The van der Waals surface area contributed by atoms with Crippen LogP contribution in [0.2, 0.25) is 0 Å². The Bertz CT molecular complexity index is 522. The van der Waals surface area contributed by atoms with Crippen LogP contribution in [0.5, 0.6) is 0 Å². The van der Waals surface area contributed by atoms with Crippen molar-refractivity contribution >= 4 is 15.8 Å². The number of hydrogen-bond donors (Lipinski definition) is 1. The van der Waals surface area contributed by atoms with Crippen LogP contribution in [0.15, 0.2) is 18.3 Å². The van der Waals surface area contributed by atoms with Crippen molar-refractivity contribution in [1.29, 1.82) is 0 Å². The Labute approximate surface area is 120 Å². The fraction of sp³-hybridized carbons (Fsp3) is 0.615. The van der Waals surface area contributed by atoms with Gasteiger partial charge in [-0.05, 0) is 18.1 Å². The second-order valence-electron chi connectivity index (χ2n) is 4.93. The maximum absolute atomic E-state index is 12.0. The molecule has 0 unspecified atom stereocenters. The van der Waals surface area contributed by atoms with Gasteiger partial charge in [0.25, 0.3) is 0 Å². The van der Waals surface area contributed by atoms with Crippen LogP contribution < -0.4 is 10.6 Å². The largest absolute Gasteiger partial charge is 0.354 e. The first kappa shape index (κ1) is 15.2. The van der Waals surface area contributed by atoms with Gasteiger partial charge >= 0.3 is 0 Å². The molecule has 2 rings (SSSR count). The van der Waals surface area contributed by atoms with E-state index in [2.05, 4.69) is 9.88 Å². The summed E-state index contributed by atoms with van der Waals surface area (Å²) < 4.78 is 25.6. The molecule has 7 heteroatoms. The number of pyridine rings is 1. The van der Waals surface area contributed by atoms with Crippen LogP contribution in [0.4, 0.5) is 5.82 Å². The second kappa shape index (κ2) is 6.51. The summed E-state index contributed by atoms with van der Waals surface area (Å²) in [5, 5.41) is 0. The van der Waals surface area contributed by atoms with E-state index in [1.807, 2.05) is 19.1 Å². The molecule has 0 atom stereocenters. The van der Waals surface area contributed by atoms with Crippen molar-refractivity contribution in [2.75, 3.05) is 36.8 Å². The second-order valence-corrected chi connectivity index (χ2v) is 7.02. The molecule has 1 aliphatic heterocycles. The van der Waals surface area contributed by atoms with Gasteiger partial charge in [0, 0.05) is 38.9 Å². The molecule has 0 radical (unpaired) electrons. The molecule has 2 N–H and O–H groups in total. The first-order valence-corrected chi connectivity index (χ1v) is 8.55. The standard InChI is InChI=1S/C13H22N4O2S/c1-2-9-20(18,19)17-7-5-16(6-8-17)13-4-3-12(10-14)11-15-13/h3-4,11H,2,5-10,14H2,1H3. The minimum atomic E-state index is -3.08. The molecule has 1 saturated heterocycles. The summed E-state index contributed by atoms with van der Waals surface area (Å²) in [7, 11) is -3.08. The third-order valence-corrected chi connectivity index (χ3v) is 5.54. The Morgan fingerprint density at radius 3 is 2.45 bits per heavy atom. The topological polar surface area (TPSA) is 79.5 Å². The lowest BCUT2D eigenvalue weighted by Crippen LogP contribution is -2.49. The van der Waals surface area contributed by atoms with Gasteiger partial charge in [-0.1, -0.05) is 13.0 Å². The molecule has 112 valence electrons. The van der Waals surface area contributed by atoms with E-state index in [-0.39, 0.29) is 5.75 Å². The average molecular weight is 298 g/mol.